The van der Waals surface area contributed by atoms with Gasteiger partial charge < -0.3 is 4.90 Å². The second-order valence-corrected chi connectivity index (χ2v) is 5.44. The molecule has 2 aromatic rings. The first-order valence-corrected chi connectivity index (χ1v) is 7.18. The van der Waals surface area contributed by atoms with Gasteiger partial charge in [-0.15, -0.1) is 0 Å². The van der Waals surface area contributed by atoms with E-state index < -0.39 is 4.92 Å². The molecule has 0 aliphatic carbocycles. The van der Waals surface area contributed by atoms with Gasteiger partial charge in [-0.05, 0) is 35.4 Å². The summed E-state index contributed by atoms with van der Waals surface area (Å²) in [7, 11) is 1.77. The van der Waals surface area contributed by atoms with Crippen molar-refractivity contribution in [3.8, 4) is 0 Å². The van der Waals surface area contributed by atoms with Gasteiger partial charge in [0.15, 0.2) is 0 Å². The van der Waals surface area contributed by atoms with E-state index in [0.29, 0.717) is 12.0 Å². The summed E-state index contributed by atoms with van der Waals surface area (Å²) in [4.78, 5) is 28.4. The minimum Gasteiger partial charge on any atom is -0.335 e. The third-order valence-electron chi connectivity index (χ3n) is 3.99. The van der Waals surface area contributed by atoms with Gasteiger partial charge in [0.1, 0.15) is 0 Å². The van der Waals surface area contributed by atoms with Crippen LogP contribution in [0.2, 0.25) is 0 Å². The summed E-state index contributed by atoms with van der Waals surface area (Å²) in [5.41, 5.74) is 2.50. The topological polar surface area (TPSA) is 76.3 Å². The Morgan fingerprint density at radius 2 is 2.04 bits per heavy atom. The Balaban J connectivity index is 1.85. The zero-order valence-electron chi connectivity index (χ0n) is 12.5. The summed E-state index contributed by atoms with van der Waals surface area (Å²) < 4.78 is 0. The number of nitrogens with zero attached hydrogens (tertiary/aromatic N) is 3. The number of benzene rings is 1. The minimum absolute atomic E-state index is 0.0273. The fourth-order valence-corrected chi connectivity index (χ4v) is 2.73. The summed E-state index contributed by atoms with van der Waals surface area (Å²) in [5, 5.41) is 10.7. The summed E-state index contributed by atoms with van der Waals surface area (Å²) in [5.74, 6) is -0.0304. The van der Waals surface area contributed by atoms with E-state index in [4.69, 9.17) is 0 Å². The van der Waals surface area contributed by atoms with Crippen LogP contribution in [0.4, 0.5) is 5.69 Å². The van der Waals surface area contributed by atoms with Crippen LogP contribution < -0.4 is 0 Å². The molecule has 0 N–H and O–H groups in total. The monoisotopic (exact) mass is 309 g/mol. The molecule has 1 aliphatic rings. The zero-order chi connectivity index (χ0) is 16.4. The fourth-order valence-electron chi connectivity index (χ4n) is 2.73. The predicted octanol–water partition coefficient (Wildman–Crippen LogP) is 2.98. The molecule has 1 aromatic carbocycles. The van der Waals surface area contributed by atoms with Crippen molar-refractivity contribution in [1.29, 1.82) is 0 Å². The molecule has 0 saturated carbocycles. The first kappa shape index (κ1) is 14.9. The number of carbonyl (C=O) groups is 1. The number of hydrogen-bond donors (Lipinski definition) is 0. The first-order valence-electron chi connectivity index (χ1n) is 7.18. The maximum atomic E-state index is 12.4. The number of likely N-dealkylation sites (tertiary alicyclic amines) is 1. The Labute approximate surface area is 133 Å². The van der Waals surface area contributed by atoms with Gasteiger partial charge in [0, 0.05) is 43.6 Å². The molecule has 0 spiro atoms. The molecule has 0 radical (unpaired) electrons. The van der Waals surface area contributed by atoms with Crippen LogP contribution in [-0.4, -0.2) is 27.8 Å². The SMILES string of the molecule is CN1C(=O)/C(=C/c2ccc([N+](=O)[O-])cc2)C[C@H]1c1cccnc1. The maximum absolute atomic E-state index is 12.4. The van der Waals surface area contributed by atoms with Gasteiger partial charge in [-0.25, -0.2) is 0 Å². The van der Waals surface area contributed by atoms with Crippen LogP contribution >= 0.6 is 0 Å². The van der Waals surface area contributed by atoms with Gasteiger partial charge >= 0.3 is 0 Å². The van der Waals surface area contributed by atoms with Crippen LogP contribution in [0.1, 0.15) is 23.6 Å². The number of rotatable bonds is 3. The molecule has 1 saturated heterocycles. The van der Waals surface area contributed by atoms with E-state index in [1.54, 1.807) is 42.6 Å². The van der Waals surface area contributed by atoms with Crippen molar-refractivity contribution in [3.05, 3.63) is 75.6 Å². The lowest BCUT2D eigenvalue weighted by Gasteiger charge is -2.18. The van der Waals surface area contributed by atoms with E-state index in [9.17, 15) is 14.9 Å². The number of hydrogen-bond acceptors (Lipinski definition) is 4. The van der Waals surface area contributed by atoms with Crippen molar-refractivity contribution in [1.82, 2.24) is 9.88 Å². The van der Waals surface area contributed by atoms with Crippen LogP contribution in [0.25, 0.3) is 6.08 Å². The van der Waals surface area contributed by atoms with Crippen molar-refractivity contribution >= 4 is 17.7 Å². The maximum Gasteiger partial charge on any atom is 0.269 e. The number of amides is 1. The quantitative estimate of drug-likeness (QED) is 0.496. The fraction of sp³-hybridized carbons (Fsp3) is 0.176. The Bertz CT molecular complexity index is 769. The number of carbonyl (C=O) groups excluding carboxylic acids is 1. The van der Waals surface area contributed by atoms with E-state index >= 15 is 0 Å². The lowest BCUT2D eigenvalue weighted by Crippen LogP contribution is -2.22. The molecule has 6 nitrogen and oxygen atoms in total. The van der Waals surface area contributed by atoms with Gasteiger partial charge in [-0.1, -0.05) is 6.07 Å². The molecule has 0 bridgehead atoms. The minimum atomic E-state index is -0.441. The molecular weight excluding hydrogens is 294 g/mol. The normalized spacial score (nSPS) is 19.3. The largest absolute Gasteiger partial charge is 0.335 e. The van der Waals surface area contributed by atoms with E-state index in [1.807, 2.05) is 12.1 Å². The third-order valence-corrected chi connectivity index (χ3v) is 3.99. The van der Waals surface area contributed by atoms with E-state index in [1.165, 1.54) is 12.1 Å². The van der Waals surface area contributed by atoms with E-state index in [0.717, 1.165) is 11.1 Å². The van der Waals surface area contributed by atoms with Gasteiger partial charge in [-0.3, -0.25) is 19.9 Å². The van der Waals surface area contributed by atoms with Crippen molar-refractivity contribution in [3.63, 3.8) is 0 Å². The molecule has 1 atom stereocenters. The van der Waals surface area contributed by atoms with E-state index in [2.05, 4.69) is 4.98 Å². The summed E-state index contributed by atoms with van der Waals surface area (Å²) in [6.07, 6.45) is 5.86. The molecule has 1 fully saturated rings. The Morgan fingerprint density at radius 3 is 2.65 bits per heavy atom. The molecule has 6 heteroatoms. The Kier molecular flexibility index (Phi) is 3.89. The highest BCUT2D eigenvalue weighted by atomic mass is 16.6. The predicted molar refractivity (Wildman–Crippen MR) is 85.4 cm³/mol. The van der Waals surface area contributed by atoms with Gasteiger partial charge in [0.25, 0.3) is 5.69 Å². The van der Waals surface area contributed by atoms with Crippen LogP contribution in [0, 0.1) is 10.1 Å². The molecular formula is C17H15N3O3. The van der Waals surface area contributed by atoms with Crippen molar-refractivity contribution in [2.75, 3.05) is 7.05 Å². The molecule has 0 unspecified atom stereocenters. The number of likely N-dealkylation sites (N-methyl/N-ethyl adjacent to an activating group) is 1. The average molecular weight is 309 g/mol. The van der Waals surface area contributed by atoms with Gasteiger partial charge in [0.05, 0.1) is 11.0 Å². The smallest absolute Gasteiger partial charge is 0.269 e. The van der Waals surface area contributed by atoms with Crippen molar-refractivity contribution in [2.45, 2.75) is 12.5 Å². The van der Waals surface area contributed by atoms with Gasteiger partial charge in [0.2, 0.25) is 5.91 Å². The number of pyridine rings is 1. The zero-order valence-corrected chi connectivity index (χ0v) is 12.5. The lowest BCUT2D eigenvalue weighted by atomic mass is 10.0. The summed E-state index contributed by atoms with van der Waals surface area (Å²) >= 11 is 0. The van der Waals surface area contributed by atoms with Crippen molar-refractivity contribution in [2.24, 2.45) is 0 Å². The summed E-state index contributed by atoms with van der Waals surface area (Å²) in [6.45, 7) is 0. The van der Waals surface area contributed by atoms with Crippen LogP contribution in [0.3, 0.4) is 0 Å². The highest BCUT2D eigenvalue weighted by molar-refractivity contribution is 6.00. The van der Waals surface area contributed by atoms with Crippen LogP contribution in [-0.2, 0) is 4.79 Å². The molecule has 1 aliphatic heterocycles. The molecule has 1 amide bonds. The second-order valence-electron chi connectivity index (χ2n) is 5.44. The number of nitro benzene ring substituents is 1. The second kappa shape index (κ2) is 6.00. The third kappa shape index (κ3) is 2.96. The molecule has 23 heavy (non-hydrogen) atoms. The number of aromatic nitrogens is 1. The number of nitro groups is 1. The lowest BCUT2D eigenvalue weighted by molar-refractivity contribution is -0.384. The number of non-ortho nitro benzene ring substituents is 1. The average Bonchev–Trinajstić information content (AvgIpc) is 2.85. The first-order chi connectivity index (χ1) is 11.1. The molecule has 1 aromatic heterocycles. The molecule has 3 rings (SSSR count). The molecule has 2 heterocycles. The molecule has 116 valence electrons. The van der Waals surface area contributed by atoms with Crippen LogP contribution in [0.5, 0.6) is 0 Å². The van der Waals surface area contributed by atoms with Gasteiger partial charge in [-0.2, -0.15) is 0 Å². The highest BCUT2D eigenvalue weighted by Crippen LogP contribution is 2.35. The highest BCUT2D eigenvalue weighted by Gasteiger charge is 2.33. The standard InChI is InChI=1S/C17H15N3O3/c1-19-16(13-3-2-8-18-11-13)10-14(17(19)21)9-12-4-6-15(7-5-12)20(22)23/h2-9,11,16H,10H2,1H3/b14-9+/t16-/m0/s1. The van der Waals surface area contributed by atoms with Crippen LogP contribution in [0.15, 0.2) is 54.4 Å². The van der Waals surface area contributed by atoms with Crippen molar-refractivity contribution < 1.29 is 9.72 Å². The Morgan fingerprint density at radius 1 is 1.30 bits per heavy atom. The van der Waals surface area contributed by atoms with E-state index in [-0.39, 0.29) is 17.6 Å². The summed E-state index contributed by atoms with van der Waals surface area (Å²) in [6, 6.07) is 9.95. The Hall–Kier alpha value is -3.02.